The maximum atomic E-state index is 13.8. The summed E-state index contributed by atoms with van der Waals surface area (Å²) in [6.45, 7) is 1.37. The minimum atomic E-state index is -0.498. The fraction of sp³-hybridized carbons (Fsp3) is 0.533. The molecule has 2 aliphatic heterocycles. The monoisotopic (exact) mass is 296 g/mol. The summed E-state index contributed by atoms with van der Waals surface area (Å²) < 4.78 is 13.8. The molecule has 2 atom stereocenters. The third kappa shape index (κ3) is 2.42. The fourth-order valence-corrected chi connectivity index (χ4v) is 3.50. The van der Waals surface area contributed by atoms with Crippen LogP contribution >= 0.6 is 11.6 Å². The summed E-state index contributed by atoms with van der Waals surface area (Å²) in [6.07, 6.45) is 3.28. The number of nitrogens with zero attached hydrogens (tertiary/aromatic N) is 2. The number of hydrogen-bond acceptors (Lipinski definition) is 2. The second-order valence-corrected chi connectivity index (χ2v) is 6.15. The van der Waals surface area contributed by atoms with Gasteiger partial charge in [-0.05, 0) is 44.5 Å². The second-order valence-electron chi connectivity index (χ2n) is 5.71. The molecule has 2 aliphatic rings. The lowest BCUT2D eigenvalue weighted by Gasteiger charge is -2.26. The molecule has 2 unspecified atom stereocenters. The molecule has 3 nitrogen and oxygen atoms in total. The van der Waals surface area contributed by atoms with E-state index in [4.69, 9.17) is 11.6 Å². The van der Waals surface area contributed by atoms with Crippen LogP contribution in [-0.4, -0.2) is 47.9 Å². The van der Waals surface area contributed by atoms with Crippen molar-refractivity contribution in [2.75, 3.05) is 20.1 Å². The molecule has 2 saturated heterocycles. The van der Waals surface area contributed by atoms with Gasteiger partial charge in [-0.15, -0.1) is 0 Å². The summed E-state index contributed by atoms with van der Waals surface area (Å²) in [6, 6.07) is 5.10. The van der Waals surface area contributed by atoms with E-state index in [1.54, 1.807) is 4.90 Å². The predicted octanol–water partition coefficient (Wildman–Crippen LogP) is 2.79. The first-order valence-electron chi connectivity index (χ1n) is 7.02. The van der Waals surface area contributed by atoms with Gasteiger partial charge in [0, 0.05) is 30.2 Å². The number of likely N-dealkylation sites (tertiary alicyclic amines) is 1. The summed E-state index contributed by atoms with van der Waals surface area (Å²) in [7, 11) is 2.12. The molecule has 3 rings (SSSR count). The van der Waals surface area contributed by atoms with Crippen LogP contribution in [0.25, 0.3) is 0 Å². The van der Waals surface area contributed by atoms with Gasteiger partial charge in [0.1, 0.15) is 5.82 Å². The fourth-order valence-electron chi connectivity index (χ4n) is 3.32. The van der Waals surface area contributed by atoms with Crippen molar-refractivity contribution in [2.45, 2.75) is 31.3 Å². The van der Waals surface area contributed by atoms with Crippen molar-refractivity contribution in [1.29, 1.82) is 0 Å². The highest BCUT2D eigenvalue weighted by molar-refractivity contribution is 6.31. The van der Waals surface area contributed by atoms with E-state index in [1.165, 1.54) is 24.6 Å². The molecule has 1 aromatic rings. The Morgan fingerprint density at radius 2 is 2.05 bits per heavy atom. The third-order valence-corrected chi connectivity index (χ3v) is 4.83. The largest absolute Gasteiger partial charge is 0.337 e. The lowest BCUT2D eigenvalue weighted by molar-refractivity contribution is 0.0735. The van der Waals surface area contributed by atoms with Crippen LogP contribution in [0.15, 0.2) is 18.2 Å². The first-order chi connectivity index (χ1) is 9.56. The normalized spacial score (nSPS) is 26.6. The van der Waals surface area contributed by atoms with E-state index < -0.39 is 5.82 Å². The van der Waals surface area contributed by atoms with E-state index in [1.807, 2.05) is 0 Å². The average Bonchev–Trinajstić information content (AvgIpc) is 2.65. The maximum absolute atomic E-state index is 13.8. The van der Waals surface area contributed by atoms with Gasteiger partial charge >= 0.3 is 0 Å². The van der Waals surface area contributed by atoms with Crippen LogP contribution in [0.4, 0.5) is 4.39 Å². The zero-order valence-electron chi connectivity index (χ0n) is 11.5. The van der Waals surface area contributed by atoms with Gasteiger partial charge in [-0.2, -0.15) is 0 Å². The summed E-state index contributed by atoms with van der Waals surface area (Å²) in [5.74, 6) is -0.742. The van der Waals surface area contributed by atoms with Gasteiger partial charge in [-0.3, -0.25) is 9.69 Å². The van der Waals surface area contributed by atoms with Gasteiger partial charge in [0.2, 0.25) is 0 Å². The molecule has 0 saturated carbocycles. The minimum absolute atomic E-state index is 0.0814. The minimum Gasteiger partial charge on any atom is -0.337 e. The molecule has 2 fully saturated rings. The van der Waals surface area contributed by atoms with E-state index in [0.717, 1.165) is 12.8 Å². The number of benzene rings is 1. The molecule has 2 heterocycles. The van der Waals surface area contributed by atoms with Gasteiger partial charge in [0.25, 0.3) is 5.91 Å². The van der Waals surface area contributed by atoms with E-state index in [9.17, 15) is 9.18 Å². The molecule has 0 radical (unpaired) electrons. The van der Waals surface area contributed by atoms with Gasteiger partial charge < -0.3 is 4.90 Å². The molecule has 5 heteroatoms. The van der Waals surface area contributed by atoms with Crippen LogP contribution in [0.1, 0.15) is 29.6 Å². The summed E-state index contributed by atoms with van der Waals surface area (Å²) in [5, 5.41) is 0.392. The molecule has 20 heavy (non-hydrogen) atoms. The molecule has 0 N–H and O–H groups in total. The van der Waals surface area contributed by atoms with E-state index in [0.29, 0.717) is 30.2 Å². The van der Waals surface area contributed by atoms with Gasteiger partial charge in [-0.25, -0.2) is 4.39 Å². The number of carbonyl (C=O) groups is 1. The Labute approximate surface area is 123 Å². The van der Waals surface area contributed by atoms with Crippen LogP contribution in [0.3, 0.4) is 0 Å². The molecule has 108 valence electrons. The molecule has 1 amide bonds. The molecular weight excluding hydrogens is 279 g/mol. The van der Waals surface area contributed by atoms with Crippen molar-refractivity contribution in [2.24, 2.45) is 0 Å². The molecule has 1 aromatic carbocycles. The molecular formula is C15H18ClFN2O. The van der Waals surface area contributed by atoms with Crippen LogP contribution in [0.5, 0.6) is 0 Å². The van der Waals surface area contributed by atoms with Crippen molar-refractivity contribution in [3.8, 4) is 0 Å². The summed E-state index contributed by atoms with van der Waals surface area (Å²) >= 11 is 5.87. The van der Waals surface area contributed by atoms with Crippen molar-refractivity contribution < 1.29 is 9.18 Å². The van der Waals surface area contributed by atoms with Crippen LogP contribution in [0, 0.1) is 5.82 Å². The molecule has 0 spiro atoms. The molecule has 0 aliphatic carbocycles. The van der Waals surface area contributed by atoms with Crippen molar-refractivity contribution in [1.82, 2.24) is 9.80 Å². The Kier molecular flexibility index (Phi) is 3.69. The molecule has 2 bridgehead atoms. The first kappa shape index (κ1) is 13.8. The molecule has 0 aromatic heterocycles. The lowest BCUT2D eigenvalue weighted by atomic mass is 10.1. The number of amides is 1. The lowest BCUT2D eigenvalue weighted by Crippen LogP contribution is -2.40. The third-order valence-electron chi connectivity index (χ3n) is 4.59. The number of hydrogen-bond donors (Lipinski definition) is 0. The predicted molar refractivity (Wildman–Crippen MR) is 76.5 cm³/mol. The SMILES string of the molecule is CN1C2CCC1CN(C(=O)c1cc(Cl)ccc1F)CC2. The highest BCUT2D eigenvalue weighted by atomic mass is 35.5. The van der Waals surface area contributed by atoms with Gasteiger partial charge in [0.05, 0.1) is 5.56 Å². The number of rotatable bonds is 1. The van der Waals surface area contributed by atoms with Crippen LogP contribution < -0.4 is 0 Å². The highest BCUT2D eigenvalue weighted by Gasteiger charge is 2.36. The van der Waals surface area contributed by atoms with Crippen molar-refractivity contribution in [3.05, 3.63) is 34.6 Å². The van der Waals surface area contributed by atoms with E-state index in [2.05, 4.69) is 11.9 Å². The number of halogens is 2. The van der Waals surface area contributed by atoms with E-state index in [-0.39, 0.29) is 11.5 Å². The topological polar surface area (TPSA) is 23.6 Å². The summed E-state index contributed by atoms with van der Waals surface area (Å²) in [4.78, 5) is 16.7. The smallest absolute Gasteiger partial charge is 0.256 e. The average molecular weight is 297 g/mol. The summed E-state index contributed by atoms with van der Waals surface area (Å²) in [5.41, 5.74) is 0.0814. The quantitative estimate of drug-likeness (QED) is 0.795. The Bertz CT molecular complexity index is 537. The Hall–Kier alpha value is -1.13. The van der Waals surface area contributed by atoms with Gasteiger partial charge in [-0.1, -0.05) is 11.6 Å². The van der Waals surface area contributed by atoms with Crippen molar-refractivity contribution in [3.63, 3.8) is 0 Å². The van der Waals surface area contributed by atoms with Gasteiger partial charge in [0.15, 0.2) is 0 Å². The zero-order chi connectivity index (χ0) is 14.3. The standard InChI is InChI=1S/C15H18ClFN2O/c1-18-11-3-4-12(18)9-19(7-6-11)15(20)13-8-10(16)2-5-14(13)17/h2,5,8,11-12H,3-4,6-7,9H2,1H3. The van der Waals surface area contributed by atoms with Crippen molar-refractivity contribution >= 4 is 17.5 Å². The Morgan fingerprint density at radius 1 is 1.30 bits per heavy atom. The zero-order valence-corrected chi connectivity index (χ0v) is 12.2. The number of fused-ring (bicyclic) bond motifs is 2. The second kappa shape index (κ2) is 5.34. The van der Waals surface area contributed by atoms with Crippen LogP contribution in [0.2, 0.25) is 5.02 Å². The number of carbonyl (C=O) groups excluding carboxylic acids is 1. The maximum Gasteiger partial charge on any atom is 0.256 e. The highest BCUT2D eigenvalue weighted by Crippen LogP contribution is 2.29. The Morgan fingerprint density at radius 3 is 2.85 bits per heavy atom. The number of likely N-dealkylation sites (N-methyl/N-ethyl adjacent to an activating group) is 1. The Balaban J connectivity index is 1.82. The van der Waals surface area contributed by atoms with Crippen LogP contribution in [-0.2, 0) is 0 Å². The first-order valence-corrected chi connectivity index (χ1v) is 7.40. The van der Waals surface area contributed by atoms with E-state index >= 15 is 0 Å².